The van der Waals surface area contributed by atoms with Crippen LogP contribution in [-0.2, 0) is 6.54 Å². The van der Waals surface area contributed by atoms with E-state index in [9.17, 15) is 4.39 Å². The molecular weight excluding hydrogens is 289 g/mol. The lowest BCUT2D eigenvalue weighted by atomic mass is 10.1. The SMILES string of the molecule is CCCCCOc1ccccc1C(C)NCc1ccc(F)cc1. The van der Waals surface area contributed by atoms with Crippen LogP contribution in [0.25, 0.3) is 0 Å². The molecule has 0 aliphatic rings. The molecular formula is C20H26FNO. The van der Waals surface area contributed by atoms with Gasteiger partial charge in [0.2, 0.25) is 0 Å². The zero-order valence-electron chi connectivity index (χ0n) is 14.0. The molecule has 0 aliphatic heterocycles. The smallest absolute Gasteiger partial charge is 0.124 e. The number of para-hydroxylation sites is 1. The van der Waals surface area contributed by atoms with Crippen LogP contribution in [0.15, 0.2) is 48.5 Å². The van der Waals surface area contributed by atoms with Crippen LogP contribution in [-0.4, -0.2) is 6.61 Å². The Labute approximate surface area is 138 Å². The van der Waals surface area contributed by atoms with Gasteiger partial charge in [-0.1, -0.05) is 50.1 Å². The van der Waals surface area contributed by atoms with Crippen molar-refractivity contribution in [2.45, 2.75) is 45.7 Å². The molecule has 0 aliphatic carbocycles. The first-order valence-corrected chi connectivity index (χ1v) is 8.40. The highest BCUT2D eigenvalue weighted by molar-refractivity contribution is 5.35. The number of rotatable bonds is 9. The lowest BCUT2D eigenvalue weighted by Gasteiger charge is -2.18. The molecule has 0 amide bonds. The standard InChI is InChI=1S/C20H26FNO/c1-3-4-7-14-23-20-9-6-5-8-19(20)16(2)22-15-17-10-12-18(21)13-11-17/h5-6,8-13,16,22H,3-4,7,14-15H2,1-2H3. The summed E-state index contributed by atoms with van der Waals surface area (Å²) in [6.07, 6.45) is 3.48. The Kier molecular flexibility index (Phi) is 7.08. The first-order valence-electron chi connectivity index (χ1n) is 8.40. The normalized spacial score (nSPS) is 12.1. The Bertz CT molecular complexity index is 582. The van der Waals surface area contributed by atoms with Gasteiger partial charge in [-0.25, -0.2) is 4.39 Å². The van der Waals surface area contributed by atoms with Crippen molar-refractivity contribution in [3.8, 4) is 5.75 Å². The summed E-state index contributed by atoms with van der Waals surface area (Å²) < 4.78 is 18.9. The van der Waals surface area contributed by atoms with Crippen LogP contribution in [0, 0.1) is 5.82 Å². The van der Waals surface area contributed by atoms with Crippen molar-refractivity contribution >= 4 is 0 Å². The van der Waals surface area contributed by atoms with Crippen LogP contribution in [0.2, 0.25) is 0 Å². The van der Waals surface area contributed by atoms with Crippen LogP contribution in [0.5, 0.6) is 5.75 Å². The summed E-state index contributed by atoms with van der Waals surface area (Å²) in [5.74, 6) is 0.746. The van der Waals surface area contributed by atoms with Crippen LogP contribution >= 0.6 is 0 Å². The first-order chi connectivity index (χ1) is 11.2. The molecule has 0 radical (unpaired) electrons. The summed E-state index contributed by atoms with van der Waals surface area (Å²) in [7, 11) is 0. The van der Waals surface area contributed by atoms with Crippen LogP contribution in [0.1, 0.15) is 50.3 Å². The molecule has 124 valence electrons. The van der Waals surface area contributed by atoms with Crippen LogP contribution in [0.3, 0.4) is 0 Å². The number of hydrogen-bond donors (Lipinski definition) is 1. The van der Waals surface area contributed by atoms with Crippen molar-refractivity contribution < 1.29 is 9.13 Å². The molecule has 2 rings (SSSR count). The molecule has 1 unspecified atom stereocenters. The second-order valence-electron chi connectivity index (χ2n) is 5.82. The molecule has 0 fully saturated rings. The fourth-order valence-corrected chi connectivity index (χ4v) is 2.49. The molecule has 0 saturated carbocycles. The van der Waals surface area contributed by atoms with Gasteiger partial charge in [-0.3, -0.25) is 0 Å². The number of nitrogens with one attached hydrogen (secondary N) is 1. The van der Waals surface area contributed by atoms with Gasteiger partial charge in [0.15, 0.2) is 0 Å². The Balaban J connectivity index is 1.92. The summed E-state index contributed by atoms with van der Waals surface area (Å²) in [6, 6.07) is 14.9. The Hall–Kier alpha value is -1.87. The average molecular weight is 315 g/mol. The monoisotopic (exact) mass is 315 g/mol. The maximum atomic E-state index is 12.9. The second-order valence-corrected chi connectivity index (χ2v) is 5.82. The van der Waals surface area contributed by atoms with Crippen LogP contribution < -0.4 is 10.1 Å². The summed E-state index contributed by atoms with van der Waals surface area (Å²) in [5.41, 5.74) is 2.23. The molecule has 0 heterocycles. The highest BCUT2D eigenvalue weighted by Crippen LogP contribution is 2.25. The number of benzene rings is 2. The van der Waals surface area contributed by atoms with Crippen molar-refractivity contribution in [1.82, 2.24) is 5.32 Å². The van der Waals surface area contributed by atoms with Crippen LogP contribution in [0.4, 0.5) is 4.39 Å². The van der Waals surface area contributed by atoms with Gasteiger partial charge >= 0.3 is 0 Å². The highest BCUT2D eigenvalue weighted by atomic mass is 19.1. The van der Waals surface area contributed by atoms with E-state index in [1.54, 1.807) is 0 Å². The van der Waals surface area contributed by atoms with Gasteiger partial charge < -0.3 is 10.1 Å². The Morgan fingerprint density at radius 1 is 1.04 bits per heavy atom. The number of unbranched alkanes of at least 4 members (excludes halogenated alkanes) is 2. The lowest BCUT2D eigenvalue weighted by molar-refractivity contribution is 0.300. The Morgan fingerprint density at radius 3 is 2.52 bits per heavy atom. The predicted octanol–water partition coefficient (Wildman–Crippen LogP) is 5.25. The average Bonchev–Trinajstić information content (AvgIpc) is 2.58. The van der Waals surface area contributed by atoms with Gasteiger partial charge in [-0.05, 0) is 37.1 Å². The molecule has 1 N–H and O–H groups in total. The third-order valence-electron chi connectivity index (χ3n) is 3.92. The third kappa shape index (κ3) is 5.68. The van der Waals surface area contributed by atoms with E-state index in [0.717, 1.165) is 29.9 Å². The molecule has 2 nitrogen and oxygen atoms in total. The van der Waals surface area contributed by atoms with Gasteiger partial charge in [0.1, 0.15) is 11.6 Å². The minimum atomic E-state index is -0.201. The first kappa shape index (κ1) is 17.5. The van der Waals surface area contributed by atoms with Crippen molar-refractivity contribution in [3.63, 3.8) is 0 Å². The molecule has 0 aromatic heterocycles. The van der Waals surface area contributed by atoms with E-state index >= 15 is 0 Å². The summed E-state index contributed by atoms with van der Waals surface area (Å²) in [4.78, 5) is 0. The quantitative estimate of drug-likeness (QED) is 0.638. The number of hydrogen-bond acceptors (Lipinski definition) is 2. The zero-order chi connectivity index (χ0) is 16.5. The summed E-state index contributed by atoms with van der Waals surface area (Å²) >= 11 is 0. The number of halogens is 1. The minimum Gasteiger partial charge on any atom is -0.493 e. The largest absolute Gasteiger partial charge is 0.493 e. The summed E-state index contributed by atoms with van der Waals surface area (Å²) in [5, 5.41) is 3.47. The molecule has 1 atom stereocenters. The van der Waals surface area contributed by atoms with E-state index < -0.39 is 0 Å². The van der Waals surface area contributed by atoms with Gasteiger partial charge in [-0.15, -0.1) is 0 Å². The van der Waals surface area contributed by atoms with E-state index in [1.165, 1.54) is 25.0 Å². The van der Waals surface area contributed by atoms with Gasteiger partial charge in [0, 0.05) is 18.2 Å². The minimum absolute atomic E-state index is 0.169. The van der Waals surface area contributed by atoms with E-state index in [1.807, 2.05) is 30.3 Å². The van der Waals surface area contributed by atoms with Crippen molar-refractivity contribution in [1.29, 1.82) is 0 Å². The van der Waals surface area contributed by atoms with Gasteiger partial charge in [0.05, 0.1) is 6.61 Å². The fourth-order valence-electron chi connectivity index (χ4n) is 2.49. The second kappa shape index (κ2) is 9.31. The zero-order valence-corrected chi connectivity index (χ0v) is 14.0. The van der Waals surface area contributed by atoms with E-state index in [2.05, 4.69) is 25.2 Å². The summed E-state index contributed by atoms with van der Waals surface area (Å²) in [6.45, 7) is 5.77. The predicted molar refractivity (Wildman–Crippen MR) is 93.1 cm³/mol. The lowest BCUT2D eigenvalue weighted by Crippen LogP contribution is -2.19. The topological polar surface area (TPSA) is 21.3 Å². The van der Waals surface area contributed by atoms with Gasteiger partial charge in [0.25, 0.3) is 0 Å². The molecule has 2 aromatic carbocycles. The number of ether oxygens (including phenoxy) is 1. The van der Waals surface area contributed by atoms with Crippen molar-refractivity contribution in [2.24, 2.45) is 0 Å². The molecule has 23 heavy (non-hydrogen) atoms. The van der Waals surface area contributed by atoms with Crippen molar-refractivity contribution in [3.05, 3.63) is 65.5 Å². The molecule has 0 saturated heterocycles. The molecule has 0 spiro atoms. The van der Waals surface area contributed by atoms with Crippen molar-refractivity contribution in [2.75, 3.05) is 6.61 Å². The fraction of sp³-hybridized carbons (Fsp3) is 0.400. The molecule has 0 bridgehead atoms. The molecule has 3 heteroatoms. The third-order valence-corrected chi connectivity index (χ3v) is 3.92. The van der Waals surface area contributed by atoms with E-state index in [-0.39, 0.29) is 11.9 Å². The molecule has 2 aromatic rings. The van der Waals surface area contributed by atoms with Gasteiger partial charge in [-0.2, -0.15) is 0 Å². The van der Waals surface area contributed by atoms with E-state index in [0.29, 0.717) is 6.54 Å². The Morgan fingerprint density at radius 2 is 1.78 bits per heavy atom. The maximum absolute atomic E-state index is 12.9. The highest BCUT2D eigenvalue weighted by Gasteiger charge is 2.11. The maximum Gasteiger partial charge on any atom is 0.124 e. The van der Waals surface area contributed by atoms with E-state index in [4.69, 9.17) is 4.74 Å².